The van der Waals surface area contributed by atoms with E-state index >= 15 is 0 Å². The van der Waals surface area contributed by atoms with Gasteiger partial charge in [0, 0.05) is 28.8 Å². The van der Waals surface area contributed by atoms with Gasteiger partial charge in [0.2, 0.25) is 5.91 Å². The van der Waals surface area contributed by atoms with Crippen molar-refractivity contribution in [3.8, 4) is 0 Å². The maximum Gasteiger partial charge on any atom is 0.237 e. The average molecular weight is 305 g/mol. The Labute approximate surface area is 124 Å². The van der Waals surface area contributed by atoms with Crippen LogP contribution in [0.4, 0.5) is 0 Å². The summed E-state index contributed by atoms with van der Waals surface area (Å²) in [7, 11) is 0. The second-order valence-corrected chi connectivity index (χ2v) is 6.35. The monoisotopic (exact) mass is 304 g/mol. The molecule has 6 heteroatoms. The minimum atomic E-state index is -0.393. The van der Waals surface area contributed by atoms with Crippen LogP contribution >= 0.6 is 23.7 Å². The van der Waals surface area contributed by atoms with Gasteiger partial charge in [-0.2, -0.15) is 0 Å². The van der Waals surface area contributed by atoms with Crippen molar-refractivity contribution in [1.82, 2.24) is 10.6 Å². The van der Waals surface area contributed by atoms with Crippen LogP contribution in [0.15, 0.2) is 12.1 Å². The average Bonchev–Trinajstić information content (AvgIpc) is 2.87. The van der Waals surface area contributed by atoms with Crippen LogP contribution in [0, 0.1) is 6.92 Å². The SMILES string of the molecule is Cc1ccc(CC(C)NC(=O)C2CC(O)CN2)s1.Cl. The van der Waals surface area contributed by atoms with E-state index in [9.17, 15) is 9.90 Å². The first-order chi connectivity index (χ1) is 8.54. The second kappa shape index (κ2) is 7.24. The zero-order chi connectivity index (χ0) is 13.1. The highest BCUT2D eigenvalue weighted by atomic mass is 35.5. The van der Waals surface area contributed by atoms with Gasteiger partial charge < -0.3 is 15.7 Å². The summed E-state index contributed by atoms with van der Waals surface area (Å²) in [4.78, 5) is 14.5. The molecule has 2 rings (SSSR count). The lowest BCUT2D eigenvalue weighted by Gasteiger charge is -2.16. The molecule has 0 aromatic carbocycles. The topological polar surface area (TPSA) is 61.4 Å². The molecule has 1 amide bonds. The summed E-state index contributed by atoms with van der Waals surface area (Å²) in [6.45, 7) is 4.61. The van der Waals surface area contributed by atoms with Crippen LogP contribution in [0.3, 0.4) is 0 Å². The number of thiophene rings is 1. The van der Waals surface area contributed by atoms with E-state index in [4.69, 9.17) is 0 Å². The highest BCUT2D eigenvalue weighted by Crippen LogP contribution is 2.17. The smallest absolute Gasteiger partial charge is 0.237 e. The Kier molecular flexibility index (Phi) is 6.26. The molecule has 2 heterocycles. The van der Waals surface area contributed by atoms with Crippen molar-refractivity contribution in [1.29, 1.82) is 0 Å². The van der Waals surface area contributed by atoms with Crippen LogP contribution in [0.5, 0.6) is 0 Å². The number of hydrogen-bond acceptors (Lipinski definition) is 4. The lowest BCUT2D eigenvalue weighted by atomic mass is 10.1. The Morgan fingerprint density at radius 2 is 2.37 bits per heavy atom. The maximum absolute atomic E-state index is 11.9. The summed E-state index contributed by atoms with van der Waals surface area (Å²) in [5.74, 6) is -0.00710. The fourth-order valence-corrected chi connectivity index (χ4v) is 3.23. The van der Waals surface area contributed by atoms with Crippen molar-refractivity contribution >= 4 is 29.7 Å². The first kappa shape index (κ1) is 16.4. The zero-order valence-electron chi connectivity index (χ0n) is 11.2. The summed E-state index contributed by atoms with van der Waals surface area (Å²) in [5.41, 5.74) is 0. The van der Waals surface area contributed by atoms with Gasteiger partial charge in [0.1, 0.15) is 0 Å². The summed E-state index contributed by atoms with van der Waals surface area (Å²) in [6, 6.07) is 4.09. The number of hydrogen-bond donors (Lipinski definition) is 3. The van der Waals surface area contributed by atoms with E-state index in [-0.39, 0.29) is 30.4 Å². The molecule has 1 fully saturated rings. The van der Waals surface area contributed by atoms with Gasteiger partial charge in [-0.25, -0.2) is 0 Å². The lowest BCUT2D eigenvalue weighted by Crippen LogP contribution is -2.44. The second-order valence-electron chi connectivity index (χ2n) is 4.98. The van der Waals surface area contributed by atoms with Crippen LogP contribution in [0.25, 0.3) is 0 Å². The first-order valence-electron chi connectivity index (χ1n) is 6.31. The van der Waals surface area contributed by atoms with E-state index in [1.165, 1.54) is 9.75 Å². The van der Waals surface area contributed by atoms with Crippen LogP contribution in [0.2, 0.25) is 0 Å². The van der Waals surface area contributed by atoms with Crippen molar-refractivity contribution in [2.75, 3.05) is 6.54 Å². The number of aliphatic hydroxyl groups is 1. The number of rotatable bonds is 4. The molecule has 1 saturated heterocycles. The van der Waals surface area contributed by atoms with Gasteiger partial charge in [0.25, 0.3) is 0 Å². The maximum atomic E-state index is 11.9. The van der Waals surface area contributed by atoms with Crippen molar-refractivity contribution in [3.63, 3.8) is 0 Å². The fraction of sp³-hybridized carbons (Fsp3) is 0.615. The third-order valence-corrected chi connectivity index (χ3v) is 4.14. The van der Waals surface area contributed by atoms with Gasteiger partial charge >= 0.3 is 0 Å². The van der Waals surface area contributed by atoms with E-state index in [0.29, 0.717) is 13.0 Å². The molecule has 19 heavy (non-hydrogen) atoms. The standard InChI is InChI=1S/C13H20N2O2S.ClH/c1-8(5-11-4-3-9(2)18-11)15-13(17)12-6-10(16)7-14-12;/h3-4,8,10,12,14,16H,5-7H2,1-2H3,(H,15,17);1H. The number of carbonyl (C=O) groups is 1. The molecule has 3 unspecified atom stereocenters. The van der Waals surface area contributed by atoms with Crippen LogP contribution < -0.4 is 10.6 Å². The van der Waals surface area contributed by atoms with Gasteiger partial charge in [-0.3, -0.25) is 4.79 Å². The van der Waals surface area contributed by atoms with Crippen molar-refractivity contribution in [2.24, 2.45) is 0 Å². The Morgan fingerprint density at radius 1 is 1.63 bits per heavy atom. The third-order valence-electron chi connectivity index (χ3n) is 3.12. The Balaban J connectivity index is 0.00000180. The number of halogens is 1. The summed E-state index contributed by atoms with van der Waals surface area (Å²) < 4.78 is 0. The van der Waals surface area contributed by atoms with Crippen molar-refractivity contribution < 1.29 is 9.90 Å². The predicted octanol–water partition coefficient (Wildman–Crippen LogP) is 1.25. The molecule has 108 valence electrons. The molecular formula is C13H21ClN2O2S. The number of amides is 1. The molecule has 0 radical (unpaired) electrons. The fourth-order valence-electron chi connectivity index (χ4n) is 2.21. The molecule has 3 atom stereocenters. The third kappa shape index (κ3) is 4.76. The zero-order valence-corrected chi connectivity index (χ0v) is 12.8. The molecule has 1 aliphatic heterocycles. The molecule has 3 N–H and O–H groups in total. The minimum Gasteiger partial charge on any atom is -0.392 e. The quantitative estimate of drug-likeness (QED) is 0.784. The lowest BCUT2D eigenvalue weighted by molar-refractivity contribution is -0.123. The van der Waals surface area contributed by atoms with Crippen LogP contribution in [-0.2, 0) is 11.2 Å². The predicted molar refractivity (Wildman–Crippen MR) is 80.0 cm³/mol. The van der Waals surface area contributed by atoms with Crippen LogP contribution in [0.1, 0.15) is 23.1 Å². The Hall–Kier alpha value is -0.620. The van der Waals surface area contributed by atoms with Crippen molar-refractivity contribution in [2.45, 2.75) is 44.9 Å². The number of aryl methyl sites for hydroxylation is 1. The molecule has 0 aliphatic carbocycles. The Morgan fingerprint density at radius 3 is 2.89 bits per heavy atom. The minimum absolute atomic E-state index is 0. The van der Waals surface area contributed by atoms with E-state index in [0.717, 1.165) is 6.42 Å². The Bertz CT molecular complexity index is 425. The molecule has 4 nitrogen and oxygen atoms in total. The molecule has 1 aromatic heterocycles. The van der Waals surface area contributed by atoms with Gasteiger partial charge in [-0.15, -0.1) is 23.7 Å². The van der Waals surface area contributed by atoms with E-state index in [1.807, 2.05) is 6.92 Å². The highest BCUT2D eigenvalue weighted by molar-refractivity contribution is 7.11. The summed E-state index contributed by atoms with van der Waals surface area (Å²) in [6.07, 6.45) is 0.979. The van der Waals surface area contributed by atoms with Gasteiger partial charge in [0.05, 0.1) is 12.1 Å². The molecule has 0 spiro atoms. The molecular weight excluding hydrogens is 284 g/mol. The molecule has 1 aromatic rings. The highest BCUT2D eigenvalue weighted by Gasteiger charge is 2.28. The van der Waals surface area contributed by atoms with E-state index in [2.05, 4.69) is 29.7 Å². The number of nitrogens with one attached hydrogen (secondary N) is 2. The molecule has 1 aliphatic rings. The van der Waals surface area contributed by atoms with Gasteiger partial charge in [-0.05, 0) is 32.4 Å². The molecule has 0 bridgehead atoms. The number of β-amino-alcohol motifs (C(OH)–C–C–N with tert-alkyl or cyclic N) is 1. The summed E-state index contributed by atoms with van der Waals surface area (Å²) in [5, 5.41) is 15.4. The summed E-state index contributed by atoms with van der Waals surface area (Å²) >= 11 is 1.77. The van der Waals surface area contributed by atoms with Crippen LogP contribution in [-0.4, -0.2) is 35.7 Å². The van der Waals surface area contributed by atoms with Gasteiger partial charge in [0.15, 0.2) is 0 Å². The van der Waals surface area contributed by atoms with E-state index in [1.54, 1.807) is 11.3 Å². The largest absolute Gasteiger partial charge is 0.392 e. The molecule has 0 saturated carbocycles. The van der Waals surface area contributed by atoms with Gasteiger partial charge in [-0.1, -0.05) is 0 Å². The normalized spacial score (nSPS) is 23.7. The first-order valence-corrected chi connectivity index (χ1v) is 7.13. The number of carbonyl (C=O) groups excluding carboxylic acids is 1. The van der Waals surface area contributed by atoms with E-state index < -0.39 is 6.10 Å². The number of aliphatic hydroxyl groups excluding tert-OH is 1. The van der Waals surface area contributed by atoms with Crippen molar-refractivity contribution in [3.05, 3.63) is 21.9 Å².